The van der Waals surface area contributed by atoms with Gasteiger partial charge in [-0.2, -0.15) is 0 Å². The van der Waals surface area contributed by atoms with Crippen LogP contribution < -0.4 is 0 Å². The molecule has 2 heteroatoms. The Balaban J connectivity index is 2.24. The first-order valence-electron chi connectivity index (χ1n) is 5.12. The number of hydrogen-bond donors (Lipinski definition) is 1. The molecule has 12 heavy (non-hydrogen) atoms. The van der Waals surface area contributed by atoms with Gasteiger partial charge in [-0.3, -0.25) is 0 Å². The minimum absolute atomic E-state index is 0.0757. The van der Waals surface area contributed by atoms with Gasteiger partial charge in [0.15, 0.2) is 0 Å². The molecule has 2 nitrogen and oxygen atoms in total. The SMILES string of the molecule is CCOC1CCCCC(O)CC1. The topological polar surface area (TPSA) is 29.5 Å². The molecule has 0 aromatic carbocycles. The molecule has 1 saturated carbocycles. The van der Waals surface area contributed by atoms with Gasteiger partial charge in [0.2, 0.25) is 0 Å². The highest BCUT2D eigenvalue weighted by Crippen LogP contribution is 2.19. The number of hydrogen-bond acceptors (Lipinski definition) is 2. The molecule has 0 bridgehead atoms. The van der Waals surface area contributed by atoms with Crippen LogP contribution in [0.1, 0.15) is 45.4 Å². The van der Waals surface area contributed by atoms with E-state index in [1.165, 1.54) is 12.8 Å². The van der Waals surface area contributed by atoms with Crippen LogP contribution in [0, 0.1) is 0 Å². The Kier molecular flexibility index (Phi) is 4.62. The molecule has 1 N–H and O–H groups in total. The first kappa shape index (κ1) is 10.0. The molecular weight excluding hydrogens is 152 g/mol. The summed E-state index contributed by atoms with van der Waals surface area (Å²) in [7, 11) is 0. The van der Waals surface area contributed by atoms with E-state index in [1.54, 1.807) is 0 Å². The maximum absolute atomic E-state index is 9.44. The predicted octanol–water partition coefficient (Wildman–Crippen LogP) is 2.11. The molecule has 72 valence electrons. The Hall–Kier alpha value is -0.0800. The fourth-order valence-corrected chi connectivity index (χ4v) is 1.82. The van der Waals surface area contributed by atoms with E-state index in [9.17, 15) is 5.11 Å². The molecule has 0 radical (unpaired) electrons. The van der Waals surface area contributed by atoms with Crippen LogP contribution in [0.15, 0.2) is 0 Å². The lowest BCUT2D eigenvalue weighted by Gasteiger charge is -2.21. The molecular formula is C10H20O2. The van der Waals surface area contributed by atoms with Crippen LogP contribution >= 0.6 is 0 Å². The van der Waals surface area contributed by atoms with Gasteiger partial charge in [-0.25, -0.2) is 0 Å². The highest BCUT2D eigenvalue weighted by molar-refractivity contribution is 4.67. The lowest BCUT2D eigenvalue weighted by atomic mass is 9.97. The van der Waals surface area contributed by atoms with Gasteiger partial charge >= 0.3 is 0 Å². The largest absolute Gasteiger partial charge is 0.393 e. The zero-order valence-corrected chi connectivity index (χ0v) is 7.96. The second-order valence-corrected chi connectivity index (χ2v) is 3.59. The molecule has 0 aromatic rings. The zero-order valence-electron chi connectivity index (χ0n) is 7.96. The van der Waals surface area contributed by atoms with E-state index in [1.807, 2.05) is 6.92 Å². The maximum Gasteiger partial charge on any atom is 0.0576 e. The molecule has 0 amide bonds. The summed E-state index contributed by atoms with van der Waals surface area (Å²) in [6, 6.07) is 0. The summed E-state index contributed by atoms with van der Waals surface area (Å²) in [6.45, 7) is 2.84. The average Bonchev–Trinajstić information content (AvgIpc) is 2.04. The molecule has 1 fully saturated rings. The molecule has 1 aliphatic rings. The number of aliphatic hydroxyl groups excluding tert-OH is 1. The number of ether oxygens (including phenoxy) is 1. The Morgan fingerprint density at radius 1 is 1.17 bits per heavy atom. The fourth-order valence-electron chi connectivity index (χ4n) is 1.82. The van der Waals surface area contributed by atoms with Crippen molar-refractivity contribution in [3.8, 4) is 0 Å². The van der Waals surface area contributed by atoms with Crippen LogP contribution in [0.25, 0.3) is 0 Å². The van der Waals surface area contributed by atoms with Crippen molar-refractivity contribution in [1.29, 1.82) is 0 Å². The first-order chi connectivity index (χ1) is 5.83. The second-order valence-electron chi connectivity index (χ2n) is 3.59. The van der Waals surface area contributed by atoms with Gasteiger partial charge in [0, 0.05) is 6.61 Å². The summed E-state index contributed by atoms with van der Waals surface area (Å²) in [5.41, 5.74) is 0. The van der Waals surface area contributed by atoms with Gasteiger partial charge < -0.3 is 9.84 Å². The quantitative estimate of drug-likeness (QED) is 0.691. The number of rotatable bonds is 2. The fraction of sp³-hybridized carbons (Fsp3) is 1.00. The molecule has 2 unspecified atom stereocenters. The van der Waals surface area contributed by atoms with Crippen molar-refractivity contribution in [3.05, 3.63) is 0 Å². The van der Waals surface area contributed by atoms with Crippen molar-refractivity contribution in [3.63, 3.8) is 0 Å². The molecule has 0 aromatic heterocycles. The van der Waals surface area contributed by atoms with E-state index in [4.69, 9.17) is 4.74 Å². The molecule has 2 atom stereocenters. The van der Waals surface area contributed by atoms with Gasteiger partial charge in [0.25, 0.3) is 0 Å². The molecule has 0 aliphatic heterocycles. The summed E-state index contributed by atoms with van der Waals surface area (Å²) in [5, 5.41) is 9.44. The van der Waals surface area contributed by atoms with Crippen LogP contribution in [0.5, 0.6) is 0 Å². The summed E-state index contributed by atoms with van der Waals surface area (Å²) in [5.74, 6) is 0. The average molecular weight is 172 g/mol. The van der Waals surface area contributed by atoms with Crippen LogP contribution in [0.3, 0.4) is 0 Å². The van der Waals surface area contributed by atoms with Crippen molar-refractivity contribution < 1.29 is 9.84 Å². The van der Waals surface area contributed by atoms with E-state index in [2.05, 4.69) is 0 Å². The Morgan fingerprint density at radius 2 is 1.92 bits per heavy atom. The van der Waals surface area contributed by atoms with E-state index in [0.29, 0.717) is 6.10 Å². The number of aliphatic hydroxyl groups is 1. The van der Waals surface area contributed by atoms with E-state index in [-0.39, 0.29) is 6.10 Å². The van der Waals surface area contributed by atoms with Crippen LogP contribution in [0.2, 0.25) is 0 Å². The van der Waals surface area contributed by atoms with Crippen molar-refractivity contribution in [2.45, 2.75) is 57.7 Å². The third-order valence-electron chi connectivity index (χ3n) is 2.54. The van der Waals surface area contributed by atoms with Crippen LogP contribution in [-0.4, -0.2) is 23.9 Å². The first-order valence-corrected chi connectivity index (χ1v) is 5.12. The smallest absolute Gasteiger partial charge is 0.0576 e. The standard InChI is InChI=1S/C10H20O2/c1-2-12-10-6-4-3-5-9(11)7-8-10/h9-11H,2-8H2,1H3. The minimum Gasteiger partial charge on any atom is -0.393 e. The predicted molar refractivity (Wildman–Crippen MR) is 49.1 cm³/mol. The van der Waals surface area contributed by atoms with Gasteiger partial charge in [-0.1, -0.05) is 12.8 Å². The summed E-state index contributed by atoms with van der Waals surface area (Å²) >= 11 is 0. The van der Waals surface area contributed by atoms with Crippen molar-refractivity contribution in [2.75, 3.05) is 6.61 Å². The lowest BCUT2D eigenvalue weighted by Crippen LogP contribution is -2.19. The van der Waals surface area contributed by atoms with Crippen molar-refractivity contribution >= 4 is 0 Å². The lowest BCUT2D eigenvalue weighted by molar-refractivity contribution is 0.0263. The normalized spacial score (nSPS) is 32.5. The Bertz CT molecular complexity index is 114. The molecule has 0 spiro atoms. The van der Waals surface area contributed by atoms with E-state index in [0.717, 1.165) is 32.3 Å². The van der Waals surface area contributed by atoms with Crippen molar-refractivity contribution in [1.82, 2.24) is 0 Å². The van der Waals surface area contributed by atoms with Crippen molar-refractivity contribution in [2.24, 2.45) is 0 Å². The third kappa shape index (κ3) is 3.55. The van der Waals surface area contributed by atoms with Crippen LogP contribution in [0.4, 0.5) is 0 Å². The van der Waals surface area contributed by atoms with Gasteiger partial charge in [0.05, 0.1) is 12.2 Å². The summed E-state index contributed by atoms with van der Waals surface area (Å²) < 4.78 is 5.56. The second kappa shape index (κ2) is 5.55. The summed E-state index contributed by atoms with van der Waals surface area (Å²) in [6.07, 6.45) is 6.82. The Labute approximate surface area is 74.9 Å². The molecule has 1 aliphatic carbocycles. The molecule has 1 rings (SSSR count). The molecule has 0 heterocycles. The zero-order chi connectivity index (χ0) is 8.81. The monoisotopic (exact) mass is 172 g/mol. The van der Waals surface area contributed by atoms with Gasteiger partial charge in [-0.15, -0.1) is 0 Å². The van der Waals surface area contributed by atoms with E-state index < -0.39 is 0 Å². The minimum atomic E-state index is -0.0757. The van der Waals surface area contributed by atoms with Crippen LogP contribution in [-0.2, 0) is 4.74 Å². The maximum atomic E-state index is 9.44. The van der Waals surface area contributed by atoms with Gasteiger partial charge in [-0.05, 0) is 32.6 Å². The van der Waals surface area contributed by atoms with Gasteiger partial charge in [0.1, 0.15) is 0 Å². The summed E-state index contributed by atoms with van der Waals surface area (Å²) in [4.78, 5) is 0. The Morgan fingerprint density at radius 3 is 2.67 bits per heavy atom. The molecule has 0 saturated heterocycles. The third-order valence-corrected chi connectivity index (χ3v) is 2.54. The highest BCUT2D eigenvalue weighted by atomic mass is 16.5. The van der Waals surface area contributed by atoms with E-state index >= 15 is 0 Å². The highest BCUT2D eigenvalue weighted by Gasteiger charge is 2.15.